The van der Waals surface area contributed by atoms with E-state index in [1.165, 1.54) is 0 Å². The molecule has 0 saturated heterocycles. The van der Waals surface area contributed by atoms with Crippen molar-refractivity contribution >= 4 is 17.5 Å². The first kappa shape index (κ1) is 17.1. The third-order valence-electron chi connectivity index (χ3n) is 2.74. The highest BCUT2D eigenvalue weighted by Gasteiger charge is 2.05. The van der Waals surface area contributed by atoms with Crippen LogP contribution in [0.25, 0.3) is 0 Å². The summed E-state index contributed by atoms with van der Waals surface area (Å²) in [6.07, 6.45) is 0.845. The number of benzene rings is 1. The summed E-state index contributed by atoms with van der Waals surface area (Å²) >= 11 is 0. The van der Waals surface area contributed by atoms with Gasteiger partial charge in [0.2, 0.25) is 11.8 Å². The molecule has 0 saturated carbocycles. The zero-order valence-electron chi connectivity index (χ0n) is 12.6. The molecule has 0 fully saturated rings. The van der Waals surface area contributed by atoms with Crippen LogP contribution in [0.5, 0.6) is 0 Å². The molecule has 0 spiro atoms. The molecule has 6 heteroatoms. The number of ether oxygens (including phenoxy) is 1. The van der Waals surface area contributed by atoms with Crippen LogP contribution in [0.4, 0.5) is 5.69 Å². The second-order valence-corrected chi connectivity index (χ2v) is 4.72. The lowest BCUT2D eigenvalue weighted by molar-refractivity contribution is -0.123. The highest BCUT2D eigenvalue weighted by atomic mass is 16.5. The van der Waals surface area contributed by atoms with Crippen molar-refractivity contribution in [2.24, 2.45) is 0 Å². The minimum atomic E-state index is -0.242. The summed E-state index contributed by atoms with van der Waals surface area (Å²) in [5.41, 5.74) is 1.80. The van der Waals surface area contributed by atoms with Crippen LogP contribution in [-0.4, -0.2) is 45.2 Å². The van der Waals surface area contributed by atoms with Gasteiger partial charge in [0, 0.05) is 19.4 Å². The number of nitrogens with one attached hydrogen (secondary N) is 3. The molecule has 0 aliphatic heterocycles. The molecular formula is C15H23N3O3. The highest BCUT2D eigenvalue weighted by molar-refractivity contribution is 5.94. The predicted octanol–water partition coefficient (Wildman–Crippen LogP) is 0.676. The van der Waals surface area contributed by atoms with Crippen LogP contribution < -0.4 is 16.0 Å². The van der Waals surface area contributed by atoms with Gasteiger partial charge in [-0.2, -0.15) is 0 Å². The van der Waals surface area contributed by atoms with Crippen molar-refractivity contribution in [1.82, 2.24) is 10.6 Å². The second kappa shape index (κ2) is 9.90. The van der Waals surface area contributed by atoms with Crippen molar-refractivity contribution in [3.63, 3.8) is 0 Å². The number of amides is 2. The fraction of sp³-hybridized carbons (Fsp3) is 0.467. The number of hydrogen-bond acceptors (Lipinski definition) is 4. The highest BCUT2D eigenvalue weighted by Crippen LogP contribution is 2.08. The molecule has 6 nitrogen and oxygen atoms in total. The number of aryl methyl sites for hydroxylation is 1. The van der Waals surface area contributed by atoms with Crippen molar-refractivity contribution < 1.29 is 14.3 Å². The molecule has 2 amide bonds. The number of anilines is 1. The van der Waals surface area contributed by atoms with Crippen LogP contribution in [0.3, 0.4) is 0 Å². The monoisotopic (exact) mass is 293 g/mol. The van der Waals surface area contributed by atoms with Crippen LogP contribution in [-0.2, 0) is 14.3 Å². The molecule has 3 N–H and O–H groups in total. The van der Waals surface area contributed by atoms with Gasteiger partial charge in [-0.05, 0) is 37.6 Å². The van der Waals surface area contributed by atoms with E-state index in [1.54, 1.807) is 7.11 Å². The SMILES string of the molecule is COCCCNCC(=O)NCC(=O)Nc1cccc(C)c1. The Morgan fingerprint density at radius 1 is 1.19 bits per heavy atom. The standard InChI is InChI=1S/C15H23N3O3/c1-12-5-3-6-13(9-12)18-15(20)11-17-14(19)10-16-7-4-8-21-2/h3,5-6,9,16H,4,7-8,10-11H2,1-2H3,(H,17,19)(H,18,20). The van der Waals surface area contributed by atoms with E-state index in [0.29, 0.717) is 13.2 Å². The van der Waals surface area contributed by atoms with Crippen LogP contribution in [0.2, 0.25) is 0 Å². The van der Waals surface area contributed by atoms with Gasteiger partial charge in [-0.3, -0.25) is 9.59 Å². The molecule has 0 aliphatic carbocycles. The lowest BCUT2D eigenvalue weighted by Crippen LogP contribution is -2.38. The largest absolute Gasteiger partial charge is 0.385 e. The van der Waals surface area contributed by atoms with E-state index in [9.17, 15) is 9.59 Å². The van der Waals surface area contributed by atoms with Crippen molar-refractivity contribution in [2.75, 3.05) is 38.7 Å². The Morgan fingerprint density at radius 2 is 2.00 bits per heavy atom. The van der Waals surface area contributed by atoms with E-state index in [1.807, 2.05) is 31.2 Å². The van der Waals surface area contributed by atoms with E-state index in [-0.39, 0.29) is 24.9 Å². The summed E-state index contributed by atoms with van der Waals surface area (Å²) in [5, 5.41) is 8.27. The summed E-state index contributed by atoms with van der Waals surface area (Å²) in [7, 11) is 1.64. The molecule has 0 bridgehead atoms. The Bertz CT molecular complexity index is 463. The molecule has 1 aromatic carbocycles. The Balaban J connectivity index is 2.16. The maximum atomic E-state index is 11.7. The molecule has 0 aliphatic rings. The third kappa shape index (κ3) is 8.06. The minimum Gasteiger partial charge on any atom is -0.385 e. The first-order valence-electron chi connectivity index (χ1n) is 6.94. The molecule has 1 aromatic rings. The Hall–Kier alpha value is -1.92. The van der Waals surface area contributed by atoms with E-state index in [4.69, 9.17) is 4.74 Å². The molecule has 0 heterocycles. The fourth-order valence-corrected chi connectivity index (χ4v) is 1.71. The Morgan fingerprint density at radius 3 is 2.71 bits per heavy atom. The molecular weight excluding hydrogens is 270 g/mol. The first-order chi connectivity index (χ1) is 10.1. The second-order valence-electron chi connectivity index (χ2n) is 4.72. The zero-order chi connectivity index (χ0) is 15.5. The van der Waals surface area contributed by atoms with Crippen molar-refractivity contribution in [3.05, 3.63) is 29.8 Å². The van der Waals surface area contributed by atoms with Crippen LogP contribution >= 0.6 is 0 Å². The molecule has 0 unspecified atom stereocenters. The van der Waals surface area contributed by atoms with E-state index in [0.717, 1.165) is 17.7 Å². The fourth-order valence-electron chi connectivity index (χ4n) is 1.71. The molecule has 1 rings (SSSR count). The van der Waals surface area contributed by atoms with Gasteiger partial charge in [0.15, 0.2) is 0 Å². The molecule has 0 atom stereocenters. The molecule has 21 heavy (non-hydrogen) atoms. The maximum absolute atomic E-state index is 11.7. The average Bonchev–Trinajstić information content (AvgIpc) is 2.45. The molecule has 116 valence electrons. The van der Waals surface area contributed by atoms with Gasteiger partial charge >= 0.3 is 0 Å². The molecule has 0 radical (unpaired) electrons. The van der Waals surface area contributed by atoms with Crippen molar-refractivity contribution in [1.29, 1.82) is 0 Å². The van der Waals surface area contributed by atoms with Crippen molar-refractivity contribution in [2.45, 2.75) is 13.3 Å². The maximum Gasteiger partial charge on any atom is 0.243 e. The van der Waals surface area contributed by atoms with Crippen molar-refractivity contribution in [3.8, 4) is 0 Å². The van der Waals surface area contributed by atoms with E-state index < -0.39 is 0 Å². The topological polar surface area (TPSA) is 79.5 Å². The predicted molar refractivity (Wildman–Crippen MR) is 82.2 cm³/mol. The van der Waals surface area contributed by atoms with Gasteiger partial charge in [-0.25, -0.2) is 0 Å². The van der Waals surface area contributed by atoms with Gasteiger partial charge < -0.3 is 20.7 Å². The van der Waals surface area contributed by atoms with Gasteiger partial charge in [0.05, 0.1) is 13.1 Å². The van der Waals surface area contributed by atoms with Crippen LogP contribution in [0.15, 0.2) is 24.3 Å². The van der Waals surface area contributed by atoms with Gasteiger partial charge in [0.25, 0.3) is 0 Å². The first-order valence-corrected chi connectivity index (χ1v) is 6.94. The average molecular weight is 293 g/mol. The normalized spacial score (nSPS) is 10.2. The van der Waals surface area contributed by atoms with E-state index in [2.05, 4.69) is 16.0 Å². The van der Waals surface area contributed by atoms with Crippen LogP contribution in [0.1, 0.15) is 12.0 Å². The summed E-state index contributed by atoms with van der Waals surface area (Å²) in [5.74, 6) is -0.444. The van der Waals surface area contributed by atoms with Gasteiger partial charge in [0.1, 0.15) is 0 Å². The van der Waals surface area contributed by atoms with Crippen LogP contribution in [0, 0.1) is 6.92 Å². The quantitative estimate of drug-likeness (QED) is 0.585. The zero-order valence-corrected chi connectivity index (χ0v) is 12.6. The lowest BCUT2D eigenvalue weighted by Gasteiger charge is -2.08. The number of methoxy groups -OCH3 is 1. The number of carbonyl (C=O) groups excluding carboxylic acids is 2. The summed E-state index contributed by atoms with van der Waals surface area (Å²) < 4.78 is 4.90. The summed E-state index contributed by atoms with van der Waals surface area (Å²) in [6, 6.07) is 7.50. The van der Waals surface area contributed by atoms with E-state index >= 15 is 0 Å². The summed E-state index contributed by atoms with van der Waals surface area (Å²) in [6.45, 7) is 3.48. The number of carbonyl (C=O) groups is 2. The summed E-state index contributed by atoms with van der Waals surface area (Å²) in [4.78, 5) is 23.2. The molecule has 0 aromatic heterocycles. The number of hydrogen-bond donors (Lipinski definition) is 3. The van der Waals surface area contributed by atoms with Gasteiger partial charge in [-0.15, -0.1) is 0 Å². The lowest BCUT2D eigenvalue weighted by atomic mass is 10.2. The smallest absolute Gasteiger partial charge is 0.243 e. The Labute approximate surface area is 125 Å². The minimum absolute atomic E-state index is 0.0352. The Kier molecular flexibility index (Phi) is 8.08. The third-order valence-corrected chi connectivity index (χ3v) is 2.74. The van der Waals surface area contributed by atoms with Gasteiger partial charge in [-0.1, -0.05) is 12.1 Å². The number of rotatable bonds is 9.